The van der Waals surface area contributed by atoms with Crippen molar-refractivity contribution in [1.29, 1.82) is 0 Å². The lowest BCUT2D eigenvalue weighted by Crippen LogP contribution is -2.23. The third kappa shape index (κ3) is 5.14. The van der Waals surface area contributed by atoms with Crippen LogP contribution in [0, 0.1) is 0 Å². The molecule has 1 N–H and O–H groups in total. The summed E-state index contributed by atoms with van der Waals surface area (Å²) in [5, 5.41) is 10.5. The molecule has 0 saturated heterocycles. The van der Waals surface area contributed by atoms with Crippen molar-refractivity contribution in [2.45, 2.75) is 17.8 Å². The van der Waals surface area contributed by atoms with E-state index < -0.39 is 12.0 Å². The molecule has 0 spiro atoms. The Morgan fingerprint density at radius 2 is 1.30 bits per heavy atom. The average Bonchev–Trinajstić information content (AvgIpc) is 2.72. The zero-order chi connectivity index (χ0) is 19.1. The van der Waals surface area contributed by atoms with Crippen LogP contribution >= 0.6 is 15.9 Å². The average molecular weight is 422 g/mol. The Morgan fingerprint density at radius 1 is 0.815 bits per heavy atom. The largest absolute Gasteiger partial charge is 0.480 e. The van der Waals surface area contributed by atoms with Crippen LogP contribution in [0.25, 0.3) is 0 Å². The number of rotatable bonds is 7. The van der Waals surface area contributed by atoms with Crippen LogP contribution in [0.4, 0.5) is 0 Å². The van der Waals surface area contributed by atoms with Gasteiger partial charge in [0.15, 0.2) is 6.04 Å². The summed E-state index contributed by atoms with van der Waals surface area (Å²) < 4.78 is 0. The standard InChI is InChI=1S/C23H20BrNO2/c24-16-18-13-11-17(12-14-18)15-21(23(26)27)25-22(19-7-3-1-4-8-19)20-9-5-2-6-10-20/h1-14,21H,15-16H2,(H,26,27). The molecule has 0 aromatic heterocycles. The van der Waals surface area contributed by atoms with Gasteiger partial charge in [-0.3, -0.25) is 4.99 Å². The van der Waals surface area contributed by atoms with Crippen LogP contribution in [0.15, 0.2) is 89.9 Å². The lowest BCUT2D eigenvalue weighted by atomic mass is 10.0. The molecule has 1 atom stereocenters. The van der Waals surface area contributed by atoms with Gasteiger partial charge in [0.05, 0.1) is 5.71 Å². The Balaban J connectivity index is 1.97. The Kier molecular flexibility index (Phi) is 6.55. The molecule has 0 saturated carbocycles. The number of carboxylic acids is 1. The highest BCUT2D eigenvalue weighted by Gasteiger charge is 2.19. The first-order valence-electron chi connectivity index (χ1n) is 8.72. The van der Waals surface area contributed by atoms with Crippen LogP contribution in [0.1, 0.15) is 22.3 Å². The first-order valence-corrected chi connectivity index (χ1v) is 9.85. The molecule has 0 aliphatic carbocycles. The molecule has 27 heavy (non-hydrogen) atoms. The van der Waals surface area contributed by atoms with E-state index in [1.54, 1.807) is 0 Å². The predicted molar refractivity (Wildman–Crippen MR) is 113 cm³/mol. The zero-order valence-electron chi connectivity index (χ0n) is 14.8. The van der Waals surface area contributed by atoms with Gasteiger partial charge in [-0.15, -0.1) is 0 Å². The Labute approximate surface area is 167 Å². The fraction of sp³-hybridized carbons (Fsp3) is 0.130. The molecule has 3 aromatic carbocycles. The predicted octanol–water partition coefficient (Wildman–Crippen LogP) is 5.11. The minimum absolute atomic E-state index is 0.348. The molecule has 0 amide bonds. The van der Waals surface area contributed by atoms with E-state index in [0.717, 1.165) is 27.6 Å². The molecule has 0 fully saturated rings. The number of alkyl halides is 1. The number of carboxylic acid groups (broad SMARTS) is 1. The smallest absolute Gasteiger partial charge is 0.328 e. The fourth-order valence-electron chi connectivity index (χ4n) is 2.84. The van der Waals surface area contributed by atoms with Crippen LogP contribution in [0.3, 0.4) is 0 Å². The monoisotopic (exact) mass is 421 g/mol. The second kappa shape index (κ2) is 9.28. The summed E-state index contributed by atoms with van der Waals surface area (Å²) in [5.74, 6) is -0.927. The number of nitrogens with zero attached hydrogens (tertiary/aromatic N) is 1. The first-order chi connectivity index (χ1) is 13.2. The third-order valence-electron chi connectivity index (χ3n) is 4.27. The topological polar surface area (TPSA) is 49.7 Å². The molecule has 0 bridgehead atoms. The van der Waals surface area contributed by atoms with E-state index in [1.807, 2.05) is 84.9 Å². The van der Waals surface area contributed by atoms with Crippen molar-refractivity contribution in [3.8, 4) is 0 Å². The molecular weight excluding hydrogens is 402 g/mol. The van der Waals surface area contributed by atoms with E-state index in [0.29, 0.717) is 12.1 Å². The molecule has 3 rings (SSSR count). The molecular formula is C23H20BrNO2. The minimum Gasteiger partial charge on any atom is -0.480 e. The molecule has 0 aliphatic heterocycles. The van der Waals surface area contributed by atoms with Crippen LogP contribution < -0.4 is 0 Å². The van der Waals surface area contributed by atoms with E-state index in [9.17, 15) is 9.90 Å². The quantitative estimate of drug-likeness (QED) is 0.425. The number of aliphatic imine (C=N–C) groups is 1. The molecule has 3 aromatic rings. The van der Waals surface area contributed by atoms with Gasteiger partial charge in [-0.1, -0.05) is 101 Å². The summed E-state index contributed by atoms with van der Waals surface area (Å²) >= 11 is 3.42. The first kappa shape index (κ1) is 19.1. The molecule has 0 aliphatic rings. The van der Waals surface area contributed by atoms with Gasteiger partial charge in [0.2, 0.25) is 0 Å². The summed E-state index contributed by atoms with van der Waals surface area (Å²) in [6.07, 6.45) is 0.348. The van der Waals surface area contributed by atoms with Crippen molar-refractivity contribution < 1.29 is 9.90 Å². The van der Waals surface area contributed by atoms with Gasteiger partial charge in [0.25, 0.3) is 0 Å². The lowest BCUT2D eigenvalue weighted by molar-refractivity contribution is -0.138. The number of aliphatic carboxylic acids is 1. The van der Waals surface area contributed by atoms with E-state index in [4.69, 9.17) is 0 Å². The fourth-order valence-corrected chi connectivity index (χ4v) is 3.21. The van der Waals surface area contributed by atoms with Gasteiger partial charge in [0.1, 0.15) is 0 Å². The number of benzene rings is 3. The van der Waals surface area contributed by atoms with Gasteiger partial charge in [-0.2, -0.15) is 0 Å². The van der Waals surface area contributed by atoms with Crippen molar-refractivity contribution in [3.05, 3.63) is 107 Å². The zero-order valence-corrected chi connectivity index (χ0v) is 16.3. The summed E-state index contributed by atoms with van der Waals surface area (Å²) in [6.45, 7) is 0. The van der Waals surface area contributed by atoms with Gasteiger partial charge in [0, 0.05) is 22.9 Å². The van der Waals surface area contributed by atoms with Crippen molar-refractivity contribution in [1.82, 2.24) is 0 Å². The molecule has 3 nitrogen and oxygen atoms in total. The SMILES string of the molecule is O=C(O)C(Cc1ccc(CBr)cc1)N=C(c1ccccc1)c1ccccc1. The van der Waals surface area contributed by atoms with Crippen molar-refractivity contribution in [2.75, 3.05) is 0 Å². The highest BCUT2D eigenvalue weighted by molar-refractivity contribution is 9.08. The number of carbonyl (C=O) groups is 1. The van der Waals surface area contributed by atoms with Crippen molar-refractivity contribution in [3.63, 3.8) is 0 Å². The van der Waals surface area contributed by atoms with Crippen LogP contribution in [-0.4, -0.2) is 22.8 Å². The summed E-state index contributed by atoms with van der Waals surface area (Å²) in [6, 6.07) is 26.5. The van der Waals surface area contributed by atoms with Gasteiger partial charge >= 0.3 is 5.97 Å². The number of hydrogen-bond donors (Lipinski definition) is 1. The van der Waals surface area contributed by atoms with Gasteiger partial charge < -0.3 is 5.11 Å². The van der Waals surface area contributed by atoms with Gasteiger partial charge in [-0.25, -0.2) is 4.79 Å². The third-order valence-corrected chi connectivity index (χ3v) is 4.92. The Hall–Kier alpha value is -2.72. The van der Waals surface area contributed by atoms with E-state index >= 15 is 0 Å². The van der Waals surface area contributed by atoms with E-state index in [1.165, 1.54) is 0 Å². The lowest BCUT2D eigenvalue weighted by Gasteiger charge is -2.13. The van der Waals surface area contributed by atoms with Crippen molar-refractivity contribution in [2.24, 2.45) is 4.99 Å². The van der Waals surface area contributed by atoms with Crippen molar-refractivity contribution >= 4 is 27.6 Å². The van der Waals surface area contributed by atoms with Gasteiger partial charge in [-0.05, 0) is 11.1 Å². The maximum atomic E-state index is 11.9. The van der Waals surface area contributed by atoms with E-state index in [-0.39, 0.29) is 0 Å². The minimum atomic E-state index is -0.927. The molecule has 0 radical (unpaired) electrons. The highest BCUT2D eigenvalue weighted by atomic mass is 79.9. The maximum absolute atomic E-state index is 11.9. The molecule has 1 unspecified atom stereocenters. The molecule has 4 heteroatoms. The van der Waals surface area contributed by atoms with E-state index in [2.05, 4.69) is 20.9 Å². The second-order valence-corrected chi connectivity index (χ2v) is 6.78. The molecule has 0 heterocycles. The number of hydrogen-bond acceptors (Lipinski definition) is 2. The number of halogens is 1. The van der Waals surface area contributed by atoms with Crippen LogP contribution in [-0.2, 0) is 16.5 Å². The maximum Gasteiger partial charge on any atom is 0.328 e. The summed E-state index contributed by atoms with van der Waals surface area (Å²) in [7, 11) is 0. The Morgan fingerprint density at radius 3 is 1.74 bits per heavy atom. The summed E-state index contributed by atoms with van der Waals surface area (Å²) in [4.78, 5) is 16.6. The second-order valence-electron chi connectivity index (χ2n) is 6.22. The van der Waals surface area contributed by atoms with Crippen LogP contribution in [0.5, 0.6) is 0 Å². The normalized spacial score (nSPS) is 11.6. The highest BCUT2D eigenvalue weighted by Crippen LogP contribution is 2.16. The Bertz CT molecular complexity index is 865. The summed E-state index contributed by atoms with van der Waals surface area (Å²) in [5.41, 5.74) is 4.62. The molecule has 136 valence electrons. The van der Waals surface area contributed by atoms with Crippen LogP contribution in [0.2, 0.25) is 0 Å².